The van der Waals surface area contributed by atoms with Gasteiger partial charge in [-0.3, -0.25) is 0 Å². The van der Waals surface area contributed by atoms with Crippen LogP contribution in [0.5, 0.6) is 0 Å². The van der Waals surface area contributed by atoms with E-state index in [0.717, 1.165) is 41.7 Å². The lowest BCUT2D eigenvalue weighted by atomic mass is 10.2. The van der Waals surface area contributed by atoms with E-state index in [4.69, 9.17) is 4.42 Å². The van der Waals surface area contributed by atoms with E-state index in [2.05, 4.69) is 29.4 Å². The van der Waals surface area contributed by atoms with Crippen molar-refractivity contribution in [1.82, 2.24) is 15.5 Å². The maximum absolute atomic E-state index is 5.30. The van der Waals surface area contributed by atoms with Crippen LogP contribution in [0.4, 0.5) is 0 Å². The van der Waals surface area contributed by atoms with Crippen molar-refractivity contribution < 1.29 is 4.42 Å². The van der Waals surface area contributed by atoms with Crippen molar-refractivity contribution in [3.8, 4) is 0 Å². The van der Waals surface area contributed by atoms with Gasteiger partial charge in [-0.25, -0.2) is 0 Å². The molecule has 0 aliphatic heterocycles. The van der Waals surface area contributed by atoms with Crippen molar-refractivity contribution in [3.63, 3.8) is 0 Å². The fourth-order valence-electron chi connectivity index (χ4n) is 1.61. The van der Waals surface area contributed by atoms with Crippen LogP contribution in [0.2, 0.25) is 0 Å². The number of nitrogens with one attached hydrogen (secondary N) is 1. The van der Waals surface area contributed by atoms with E-state index < -0.39 is 0 Å². The van der Waals surface area contributed by atoms with Gasteiger partial charge in [0, 0.05) is 19.4 Å². The van der Waals surface area contributed by atoms with Crippen LogP contribution in [0.15, 0.2) is 22.8 Å². The van der Waals surface area contributed by atoms with Gasteiger partial charge in [0.1, 0.15) is 15.8 Å². The molecule has 0 spiro atoms. The Hall–Kier alpha value is -1.20. The molecule has 0 aliphatic rings. The lowest BCUT2D eigenvalue weighted by Gasteiger charge is -2.03. The van der Waals surface area contributed by atoms with Gasteiger partial charge >= 0.3 is 0 Å². The van der Waals surface area contributed by atoms with Gasteiger partial charge in [-0.15, -0.1) is 21.5 Å². The van der Waals surface area contributed by atoms with E-state index in [-0.39, 0.29) is 0 Å². The average Bonchev–Trinajstić information content (AvgIpc) is 2.96. The number of nitrogens with zero attached hydrogens (tertiary/aromatic N) is 2. The Morgan fingerprint density at radius 1 is 1.28 bits per heavy atom. The van der Waals surface area contributed by atoms with Crippen LogP contribution in [0, 0.1) is 5.92 Å². The SMILES string of the molecule is CC(C)CNCc1nnc(CCc2ccco2)s1. The van der Waals surface area contributed by atoms with Crippen molar-refractivity contribution in [3.05, 3.63) is 34.2 Å². The Morgan fingerprint density at radius 3 is 2.83 bits per heavy atom. The molecule has 0 unspecified atom stereocenters. The molecular weight excluding hydrogens is 246 g/mol. The van der Waals surface area contributed by atoms with E-state index in [1.807, 2.05) is 12.1 Å². The van der Waals surface area contributed by atoms with Crippen LogP contribution in [0.3, 0.4) is 0 Å². The highest BCUT2D eigenvalue weighted by molar-refractivity contribution is 7.11. The van der Waals surface area contributed by atoms with E-state index in [1.54, 1.807) is 17.6 Å². The minimum absolute atomic E-state index is 0.663. The quantitative estimate of drug-likeness (QED) is 0.836. The zero-order chi connectivity index (χ0) is 12.8. The second-order valence-electron chi connectivity index (χ2n) is 4.69. The van der Waals surface area contributed by atoms with Crippen molar-refractivity contribution in [1.29, 1.82) is 0 Å². The van der Waals surface area contributed by atoms with Gasteiger partial charge in [0.25, 0.3) is 0 Å². The van der Waals surface area contributed by atoms with Crippen LogP contribution in [-0.4, -0.2) is 16.7 Å². The predicted molar refractivity (Wildman–Crippen MR) is 72.6 cm³/mol. The van der Waals surface area contributed by atoms with Gasteiger partial charge in [-0.2, -0.15) is 0 Å². The molecule has 0 bridgehead atoms. The molecule has 98 valence electrons. The summed E-state index contributed by atoms with van der Waals surface area (Å²) in [4.78, 5) is 0. The number of rotatable bonds is 7. The zero-order valence-corrected chi connectivity index (χ0v) is 11.7. The topological polar surface area (TPSA) is 51.0 Å². The highest BCUT2D eigenvalue weighted by atomic mass is 32.1. The van der Waals surface area contributed by atoms with Crippen molar-refractivity contribution >= 4 is 11.3 Å². The molecule has 1 N–H and O–H groups in total. The first kappa shape index (κ1) is 13.2. The highest BCUT2D eigenvalue weighted by Gasteiger charge is 2.05. The molecule has 0 aromatic carbocycles. The monoisotopic (exact) mass is 265 g/mol. The number of aryl methyl sites for hydroxylation is 2. The summed E-state index contributed by atoms with van der Waals surface area (Å²) in [6.45, 7) is 6.22. The fraction of sp³-hybridized carbons (Fsp3) is 0.538. The Balaban J connectivity index is 1.75. The van der Waals surface area contributed by atoms with Crippen molar-refractivity contribution in [2.75, 3.05) is 6.54 Å². The molecule has 0 saturated heterocycles. The van der Waals surface area contributed by atoms with Crippen molar-refractivity contribution in [2.24, 2.45) is 5.92 Å². The molecule has 4 nitrogen and oxygen atoms in total. The maximum Gasteiger partial charge on any atom is 0.131 e. The lowest BCUT2D eigenvalue weighted by molar-refractivity contribution is 0.508. The molecule has 0 fully saturated rings. The van der Waals surface area contributed by atoms with Crippen LogP contribution in [-0.2, 0) is 19.4 Å². The third-order valence-electron chi connectivity index (χ3n) is 2.50. The standard InChI is InChI=1S/C13H19N3OS/c1-10(2)8-14-9-13-16-15-12(18-13)6-5-11-4-3-7-17-11/h3-4,7,10,14H,5-6,8-9H2,1-2H3. The number of hydrogen-bond acceptors (Lipinski definition) is 5. The second kappa shape index (κ2) is 6.66. The largest absolute Gasteiger partial charge is 0.469 e. The van der Waals surface area contributed by atoms with Crippen LogP contribution in [0.1, 0.15) is 29.6 Å². The molecule has 0 atom stereocenters. The third-order valence-corrected chi connectivity index (χ3v) is 3.49. The fourth-order valence-corrected chi connectivity index (χ4v) is 2.43. The molecule has 0 radical (unpaired) electrons. The van der Waals surface area contributed by atoms with E-state index in [0.29, 0.717) is 5.92 Å². The molecule has 0 aliphatic carbocycles. The second-order valence-corrected chi connectivity index (χ2v) is 5.84. The molecule has 18 heavy (non-hydrogen) atoms. The molecule has 5 heteroatoms. The predicted octanol–water partition coefficient (Wildman–Crippen LogP) is 2.66. The minimum Gasteiger partial charge on any atom is -0.469 e. The molecule has 2 heterocycles. The summed E-state index contributed by atoms with van der Waals surface area (Å²) in [5, 5.41) is 13.9. The van der Waals surface area contributed by atoms with Gasteiger partial charge < -0.3 is 9.73 Å². The van der Waals surface area contributed by atoms with E-state index in [9.17, 15) is 0 Å². The smallest absolute Gasteiger partial charge is 0.131 e. The van der Waals surface area contributed by atoms with E-state index >= 15 is 0 Å². The zero-order valence-electron chi connectivity index (χ0n) is 10.8. The minimum atomic E-state index is 0.663. The summed E-state index contributed by atoms with van der Waals surface area (Å²) in [7, 11) is 0. The van der Waals surface area contributed by atoms with Crippen LogP contribution >= 0.6 is 11.3 Å². The van der Waals surface area contributed by atoms with Gasteiger partial charge in [0.2, 0.25) is 0 Å². The van der Waals surface area contributed by atoms with Gasteiger partial charge in [-0.1, -0.05) is 13.8 Å². The number of furan rings is 1. The lowest BCUT2D eigenvalue weighted by Crippen LogP contribution is -2.18. The van der Waals surface area contributed by atoms with Crippen molar-refractivity contribution in [2.45, 2.75) is 33.2 Å². The third kappa shape index (κ3) is 4.23. The van der Waals surface area contributed by atoms with Gasteiger partial charge in [0.05, 0.1) is 6.26 Å². The summed E-state index contributed by atoms with van der Waals surface area (Å²) >= 11 is 1.68. The van der Waals surface area contributed by atoms with E-state index in [1.165, 1.54) is 0 Å². The average molecular weight is 265 g/mol. The summed E-state index contributed by atoms with van der Waals surface area (Å²) in [5.74, 6) is 1.67. The molecule has 2 aromatic heterocycles. The maximum atomic E-state index is 5.30. The summed E-state index contributed by atoms with van der Waals surface area (Å²) in [6, 6.07) is 3.91. The summed E-state index contributed by atoms with van der Waals surface area (Å²) < 4.78 is 5.30. The number of hydrogen-bond donors (Lipinski definition) is 1. The molecule has 0 saturated carbocycles. The molecule has 2 aromatic rings. The Morgan fingerprint density at radius 2 is 2.11 bits per heavy atom. The summed E-state index contributed by atoms with van der Waals surface area (Å²) in [5.41, 5.74) is 0. The molecule has 2 rings (SSSR count). The first-order valence-electron chi connectivity index (χ1n) is 6.28. The van der Waals surface area contributed by atoms with Gasteiger partial charge in [0.15, 0.2) is 0 Å². The first-order chi connectivity index (χ1) is 8.74. The summed E-state index contributed by atoms with van der Waals surface area (Å²) in [6.07, 6.45) is 3.49. The van der Waals surface area contributed by atoms with Gasteiger partial charge in [-0.05, 0) is 24.6 Å². The van der Waals surface area contributed by atoms with Crippen LogP contribution < -0.4 is 5.32 Å². The van der Waals surface area contributed by atoms with Crippen LogP contribution in [0.25, 0.3) is 0 Å². The Kier molecular flexibility index (Phi) is 4.90. The molecule has 0 amide bonds. The first-order valence-corrected chi connectivity index (χ1v) is 7.10. The normalized spacial score (nSPS) is 11.3. The highest BCUT2D eigenvalue weighted by Crippen LogP contribution is 2.13. The number of aromatic nitrogens is 2. The Labute approximate surface area is 111 Å². The molecular formula is C13H19N3OS. The Bertz CT molecular complexity index is 451.